The van der Waals surface area contributed by atoms with E-state index in [-0.39, 0.29) is 0 Å². The number of hydrogen-bond donors (Lipinski definition) is 0. The summed E-state index contributed by atoms with van der Waals surface area (Å²) in [5, 5.41) is 0. The van der Waals surface area contributed by atoms with E-state index < -0.39 is 25.2 Å². The first-order chi connectivity index (χ1) is 11.8. The van der Waals surface area contributed by atoms with Gasteiger partial charge in [0.15, 0.2) is 0 Å². The van der Waals surface area contributed by atoms with Crippen molar-refractivity contribution in [2.45, 2.75) is 9.88 Å². The maximum atomic E-state index is 11.8. The van der Waals surface area contributed by atoms with Gasteiger partial charge in [-0.05, 0) is 0 Å². The quantitative estimate of drug-likeness (QED) is 0.346. The Morgan fingerprint density at radius 3 is 2.64 bits per heavy atom. The van der Waals surface area contributed by atoms with Gasteiger partial charge in [-0.3, -0.25) is 0 Å². The minimum absolute atomic E-state index is 0.414. The Labute approximate surface area is 167 Å². The Balaban J connectivity index is 2.17. The normalized spacial score (nSPS) is 14.8. The molecule has 25 heavy (non-hydrogen) atoms. The van der Waals surface area contributed by atoms with Crippen LogP contribution in [0.25, 0.3) is 0 Å². The molecule has 0 saturated heterocycles. The van der Waals surface area contributed by atoms with Crippen LogP contribution in [0.2, 0.25) is 9.88 Å². The molecule has 0 aromatic heterocycles. The van der Waals surface area contributed by atoms with E-state index in [4.69, 9.17) is 10.9 Å². The number of esters is 1. The molecule has 1 heterocycles. The second-order valence-electron chi connectivity index (χ2n) is 5.84. The van der Waals surface area contributed by atoms with Crippen molar-refractivity contribution in [2.75, 3.05) is 7.11 Å². The predicted octanol–water partition coefficient (Wildman–Crippen LogP) is 5.22. The zero-order valence-electron chi connectivity index (χ0n) is 13.8. The zero-order valence-corrected chi connectivity index (χ0v) is 19.8. The van der Waals surface area contributed by atoms with Crippen LogP contribution in [0.3, 0.4) is 0 Å². The monoisotopic (exact) mass is 575 g/mol. The van der Waals surface area contributed by atoms with E-state index in [9.17, 15) is 4.79 Å². The number of ether oxygens (including phenoxy) is 1. The number of carbonyl (C=O) groups excluding carboxylic acids is 1. The van der Waals surface area contributed by atoms with Gasteiger partial charge in [0.05, 0.1) is 0 Å². The van der Waals surface area contributed by atoms with Crippen LogP contribution in [-0.4, -0.2) is 38.5 Å². The summed E-state index contributed by atoms with van der Waals surface area (Å²) in [5.41, 5.74) is 1.82. The molecule has 5 nitrogen and oxygen atoms in total. The number of benzene rings is 2. The molecule has 0 unspecified atom stereocenters. The molecule has 1 aliphatic heterocycles. The van der Waals surface area contributed by atoms with Crippen LogP contribution in [-0.2, 0) is 4.74 Å². The summed E-state index contributed by atoms with van der Waals surface area (Å²) >= 11 is 3.66. The fraction of sp³-hybridized carbons (Fsp3) is 0.176. The standard InChI is InChI=1S/C15H11Br2NO4.2CH3.Sn/c1-22-15(21)8-2-3-13(19)12(5-8)18-7-9-4-10(16)6-11(17)14(9)20;;;/h2-7,19-20H,1H3;2*1H3;/q;;;+2/p-2. The number of carbonyl (C=O) groups is 1. The number of hydrogen-bond acceptors (Lipinski definition) is 5. The van der Waals surface area contributed by atoms with Crippen molar-refractivity contribution in [2.24, 2.45) is 4.99 Å². The molecule has 1 aliphatic rings. The van der Waals surface area contributed by atoms with Gasteiger partial charge in [-0.15, -0.1) is 0 Å². The number of nitrogens with zero attached hydrogens (tertiary/aromatic N) is 1. The van der Waals surface area contributed by atoms with Gasteiger partial charge in [0.1, 0.15) is 0 Å². The van der Waals surface area contributed by atoms with E-state index in [1.165, 1.54) is 7.11 Å². The molecular formula is C17H15Br2NO4Sn. The fourth-order valence-corrected chi connectivity index (χ4v) is 8.35. The third kappa shape index (κ3) is 4.20. The summed E-state index contributed by atoms with van der Waals surface area (Å²) in [7, 11) is 1.35. The third-order valence-corrected chi connectivity index (χ3v) is 8.53. The summed E-state index contributed by atoms with van der Waals surface area (Å²) < 4.78 is 19.0. The van der Waals surface area contributed by atoms with Gasteiger partial charge >= 0.3 is 169 Å². The SMILES string of the molecule is COC(=O)c1ccc2c(c1)N=Cc1cc(Br)cc(Br)c1[O][Sn]([CH3])([CH3])[O]2. The summed E-state index contributed by atoms with van der Waals surface area (Å²) in [4.78, 5) is 20.4. The molecule has 2 aromatic carbocycles. The molecule has 0 amide bonds. The average molecular weight is 576 g/mol. The second-order valence-corrected chi connectivity index (χ2v) is 16.8. The summed E-state index contributed by atoms with van der Waals surface area (Å²) in [6, 6.07) is 8.93. The molecule has 0 N–H and O–H groups in total. The van der Waals surface area contributed by atoms with E-state index in [1.807, 2.05) is 22.0 Å². The number of methoxy groups -OCH3 is 1. The van der Waals surface area contributed by atoms with Crippen molar-refractivity contribution in [3.05, 3.63) is 50.4 Å². The number of halogens is 2. The average Bonchev–Trinajstić information content (AvgIpc) is 2.60. The molecule has 3 rings (SSSR count). The number of aliphatic imine (C=N–C) groups is 1. The van der Waals surface area contributed by atoms with Gasteiger partial charge in [-0.1, -0.05) is 0 Å². The van der Waals surface area contributed by atoms with Crippen molar-refractivity contribution in [3.63, 3.8) is 0 Å². The molecule has 8 heteroatoms. The molecule has 0 atom stereocenters. The number of fused-ring (bicyclic) bond motifs is 2. The van der Waals surface area contributed by atoms with Crippen molar-refractivity contribution >= 4 is 68.9 Å². The van der Waals surface area contributed by atoms with Gasteiger partial charge in [0.2, 0.25) is 0 Å². The van der Waals surface area contributed by atoms with Crippen LogP contribution in [0.1, 0.15) is 15.9 Å². The van der Waals surface area contributed by atoms with E-state index in [2.05, 4.69) is 36.9 Å². The van der Waals surface area contributed by atoms with Gasteiger partial charge in [0.25, 0.3) is 0 Å². The number of rotatable bonds is 1. The molecule has 0 saturated carbocycles. The Morgan fingerprint density at radius 2 is 1.92 bits per heavy atom. The van der Waals surface area contributed by atoms with Crippen LogP contribution in [0.4, 0.5) is 5.69 Å². The Kier molecular flexibility index (Phi) is 5.45. The summed E-state index contributed by atoms with van der Waals surface area (Å²) in [5.74, 6) is 0.907. The molecule has 0 radical (unpaired) electrons. The van der Waals surface area contributed by atoms with E-state index in [0.717, 1.165) is 14.5 Å². The molecule has 0 aliphatic carbocycles. The van der Waals surface area contributed by atoms with Gasteiger partial charge in [-0.2, -0.15) is 0 Å². The topological polar surface area (TPSA) is 57.1 Å². The van der Waals surface area contributed by atoms with Crippen molar-refractivity contribution in [1.29, 1.82) is 0 Å². The minimum atomic E-state index is -3.37. The second kappa shape index (κ2) is 7.28. The first-order valence-corrected chi connectivity index (χ1v) is 17.0. The summed E-state index contributed by atoms with van der Waals surface area (Å²) in [6.45, 7) is 0. The van der Waals surface area contributed by atoms with E-state index in [0.29, 0.717) is 22.7 Å². The maximum absolute atomic E-state index is 11.8. The van der Waals surface area contributed by atoms with Gasteiger partial charge < -0.3 is 0 Å². The van der Waals surface area contributed by atoms with Crippen LogP contribution >= 0.6 is 31.9 Å². The third-order valence-electron chi connectivity index (χ3n) is 3.46. The van der Waals surface area contributed by atoms with Crippen LogP contribution < -0.4 is 6.15 Å². The van der Waals surface area contributed by atoms with Crippen LogP contribution in [0.15, 0.2) is 44.3 Å². The first kappa shape index (κ1) is 18.7. The van der Waals surface area contributed by atoms with E-state index in [1.54, 1.807) is 24.4 Å². The molecule has 2 aromatic rings. The molecular weight excluding hydrogens is 561 g/mol. The van der Waals surface area contributed by atoms with E-state index >= 15 is 0 Å². The van der Waals surface area contributed by atoms with Gasteiger partial charge in [0, 0.05) is 0 Å². The van der Waals surface area contributed by atoms with Crippen LogP contribution in [0, 0.1) is 0 Å². The summed E-state index contributed by atoms with van der Waals surface area (Å²) in [6.07, 6.45) is 1.71. The van der Waals surface area contributed by atoms with Crippen LogP contribution in [0.5, 0.6) is 11.5 Å². The Hall–Kier alpha value is -1.06. The van der Waals surface area contributed by atoms with Crippen molar-refractivity contribution in [3.8, 4) is 11.5 Å². The van der Waals surface area contributed by atoms with Gasteiger partial charge in [-0.25, -0.2) is 0 Å². The zero-order chi connectivity index (χ0) is 18.2. The van der Waals surface area contributed by atoms with Crippen molar-refractivity contribution in [1.82, 2.24) is 0 Å². The molecule has 130 valence electrons. The fourth-order valence-electron chi connectivity index (χ4n) is 2.40. The predicted molar refractivity (Wildman–Crippen MR) is 106 cm³/mol. The molecule has 0 spiro atoms. The van der Waals surface area contributed by atoms with Crippen molar-refractivity contribution < 1.29 is 15.7 Å². The first-order valence-electron chi connectivity index (χ1n) is 7.42. The molecule has 0 fully saturated rings. The Morgan fingerprint density at radius 1 is 1.16 bits per heavy atom. The molecule has 0 bridgehead atoms. The Bertz CT molecular complexity index is 883.